The summed E-state index contributed by atoms with van der Waals surface area (Å²) in [7, 11) is 0. The van der Waals surface area contributed by atoms with Crippen LogP contribution < -0.4 is 0 Å². The van der Waals surface area contributed by atoms with Crippen molar-refractivity contribution in [2.24, 2.45) is 10.3 Å². The third-order valence-electron chi connectivity index (χ3n) is 1.95. The molecule has 0 N–H and O–H groups in total. The fraction of sp³-hybridized carbons (Fsp3) is 0.273. The fourth-order valence-electron chi connectivity index (χ4n) is 1.12. The largest absolute Gasteiger partial charge is 0.273 e. The monoisotopic (exact) mass is 219 g/mol. The smallest absolute Gasteiger partial charge is 0.248 e. The first-order valence-electron chi connectivity index (χ1n) is 4.81. The lowest BCUT2D eigenvalue weighted by molar-refractivity contribution is -0.142. The number of carbonyl (C=O) groups excluding carboxylic acids is 2. The molecule has 0 radical (unpaired) electrons. The maximum Gasteiger partial charge on any atom is 0.248 e. The number of amides is 2. The number of imide groups is 1. The Morgan fingerprint density at radius 2 is 1.69 bits per heavy atom. The zero-order valence-corrected chi connectivity index (χ0v) is 9.47. The quantitative estimate of drug-likeness (QED) is 0.566. The molecule has 0 atom stereocenters. The average molecular weight is 219 g/mol. The summed E-state index contributed by atoms with van der Waals surface area (Å²) in [6, 6.07) is 7.33. The van der Waals surface area contributed by atoms with E-state index in [0.717, 1.165) is 10.6 Å². The predicted molar refractivity (Wildman–Crippen MR) is 58.9 cm³/mol. The first-order chi connectivity index (χ1) is 7.52. The highest BCUT2D eigenvalue weighted by molar-refractivity contribution is 5.92. The van der Waals surface area contributed by atoms with Gasteiger partial charge in [0.05, 0.1) is 5.69 Å². The van der Waals surface area contributed by atoms with Gasteiger partial charge in [0, 0.05) is 13.8 Å². The van der Waals surface area contributed by atoms with Gasteiger partial charge in [-0.3, -0.25) is 9.59 Å². The molecule has 1 rings (SSSR count). The molecule has 0 saturated heterocycles. The Morgan fingerprint density at radius 3 is 2.19 bits per heavy atom. The lowest BCUT2D eigenvalue weighted by Gasteiger charge is -2.07. The normalized spacial score (nSPS) is 10.4. The van der Waals surface area contributed by atoms with Crippen LogP contribution in [0, 0.1) is 6.92 Å². The van der Waals surface area contributed by atoms with Crippen LogP contribution in [-0.2, 0) is 9.59 Å². The average Bonchev–Trinajstić information content (AvgIpc) is 2.20. The van der Waals surface area contributed by atoms with Crippen molar-refractivity contribution in [3.05, 3.63) is 29.8 Å². The number of rotatable bonds is 2. The summed E-state index contributed by atoms with van der Waals surface area (Å²) in [5.41, 5.74) is 1.56. The molecule has 0 aliphatic heterocycles. The fourth-order valence-corrected chi connectivity index (χ4v) is 1.12. The van der Waals surface area contributed by atoms with Crippen LogP contribution >= 0.6 is 0 Å². The van der Waals surface area contributed by atoms with Crippen molar-refractivity contribution in [2.75, 3.05) is 0 Å². The van der Waals surface area contributed by atoms with Crippen LogP contribution in [0.25, 0.3) is 0 Å². The zero-order valence-electron chi connectivity index (χ0n) is 9.47. The molecule has 84 valence electrons. The van der Waals surface area contributed by atoms with Crippen LogP contribution in [0.1, 0.15) is 19.4 Å². The summed E-state index contributed by atoms with van der Waals surface area (Å²) in [6.45, 7) is 4.40. The molecule has 2 amide bonds. The molecule has 0 saturated carbocycles. The van der Waals surface area contributed by atoms with E-state index in [1.54, 1.807) is 6.07 Å². The van der Waals surface area contributed by atoms with E-state index in [4.69, 9.17) is 0 Å². The van der Waals surface area contributed by atoms with E-state index in [2.05, 4.69) is 10.3 Å². The Morgan fingerprint density at radius 1 is 1.12 bits per heavy atom. The van der Waals surface area contributed by atoms with E-state index in [9.17, 15) is 9.59 Å². The summed E-state index contributed by atoms with van der Waals surface area (Å²) in [5.74, 6) is -0.908. The predicted octanol–water partition coefficient (Wildman–Crippen LogP) is 2.39. The Bertz CT molecular complexity index is 427. The summed E-state index contributed by atoms with van der Waals surface area (Å²) >= 11 is 0. The lowest BCUT2D eigenvalue weighted by atomic mass is 10.2. The third-order valence-corrected chi connectivity index (χ3v) is 1.95. The van der Waals surface area contributed by atoms with Crippen molar-refractivity contribution < 1.29 is 9.59 Å². The van der Waals surface area contributed by atoms with E-state index in [-0.39, 0.29) is 0 Å². The Labute approximate surface area is 93.8 Å². The molecule has 0 heterocycles. The number of aryl methyl sites for hydroxylation is 1. The number of carbonyl (C=O) groups is 2. The van der Waals surface area contributed by atoms with Gasteiger partial charge < -0.3 is 0 Å². The standard InChI is InChI=1S/C11H13N3O2/c1-8-6-4-5-7-11(8)12-13-14(9(2)15)10(3)16/h4-7H,1-3H3/b13-12+. The van der Waals surface area contributed by atoms with Gasteiger partial charge in [-0.15, -0.1) is 10.1 Å². The topological polar surface area (TPSA) is 62.1 Å². The van der Waals surface area contributed by atoms with E-state index in [1.807, 2.05) is 25.1 Å². The second-order valence-corrected chi connectivity index (χ2v) is 3.33. The van der Waals surface area contributed by atoms with Crippen LogP contribution in [0.5, 0.6) is 0 Å². The van der Waals surface area contributed by atoms with Gasteiger partial charge in [-0.2, -0.15) is 0 Å². The highest BCUT2D eigenvalue weighted by atomic mass is 16.2. The zero-order chi connectivity index (χ0) is 12.1. The molecule has 0 aliphatic carbocycles. The minimum Gasteiger partial charge on any atom is -0.273 e. The summed E-state index contributed by atoms with van der Waals surface area (Å²) in [5, 5.41) is 8.20. The van der Waals surface area contributed by atoms with Crippen LogP contribution in [0.3, 0.4) is 0 Å². The molecule has 0 bridgehead atoms. The molecular weight excluding hydrogens is 206 g/mol. The number of nitrogens with zero attached hydrogens (tertiary/aromatic N) is 3. The molecule has 1 aromatic rings. The lowest BCUT2D eigenvalue weighted by Crippen LogP contribution is -2.27. The molecule has 5 heteroatoms. The van der Waals surface area contributed by atoms with Gasteiger partial charge in [0.15, 0.2) is 0 Å². The van der Waals surface area contributed by atoms with Gasteiger partial charge >= 0.3 is 0 Å². The van der Waals surface area contributed by atoms with E-state index in [1.165, 1.54) is 13.8 Å². The molecule has 0 fully saturated rings. The van der Waals surface area contributed by atoms with Crippen molar-refractivity contribution in [1.29, 1.82) is 0 Å². The Balaban J connectivity index is 2.91. The van der Waals surface area contributed by atoms with E-state index in [0.29, 0.717) is 5.69 Å². The van der Waals surface area contributed by atoms with Crippen molar-refractivity contribution in [3.63, 3.8) is 0 Å². The summed E-state index contributed by atoms with van der Waals surface area (Å²) in [6.07, 6.45) is 0. The highest BCUT2D eigenvalue weighted by Crippen LogP contribution is 2.17. The molecule has 1 aromatic carbocycles. The second-order valence-electron chi connectivity index (χ2n) is 3.33. The van der Waals surface area contributed by atoms with Crippen molar-refractivity contribution in [1.82, 2.24) is 5.01 Å². The van der Waals surface area contributed by atoms with Gasteiger partial charge in [0.2, 0.25) is 11.8 Å². The minimum atomic E-state index is -0.454. The maximum atomic E-state index is 11.0. The van der Waals surface area contributed by atoms with Crippen molar-refractivity contribution >= 4 is 17.5 Å². The minimum absolute atomic E-state index is 0.454. The molecule has 0 aliphatic rings. The van der Waals surface area contributed by atoms with Gasteiger partial charge in [0.25, 0.3) is 0 Å². The van der Waals surface area contributed by atoms with Crippen molar-refractivity contribution in [3.8, 4) is 0 Å². The SMILES string of the molecule is CC(=O)N(/N=N/c1ccccc1C)C(C)=O. The van der Waals surface area contributed by atoms with Gasteiger partial charge in [0.1, 0.15) is 0 Å². The van der Waals surface area contributed by atoms with Crippen molar-refractivity contribution in [2.45, 2.75) is 20.8 Å². The summed E-state index contributed by atoms with van der Waals surface area (Å²) < 4.78 is 0. The van der Waals surface area contributed by atoms with Crippen LogP contribution in [0.4, 0.5) is 5.69 Å². The first kappa shape index (κ1) is 12.0. The summed E-state index contributed by atoms with van der Waals surface area (Å²) in [4.78, 5) is 22.1. The first-order valence-corrected chi connectivity index (χ1v) is 4.81. The molecule has 0 unspecified atom stereocenters. The molecular formula is C11H13N3O2. The second kappa shape index (κ2) is 5.16. The van der Waals surface area contributed by atoms with Gasteiger partial charge in [-0.25, -0.2) is 0 Å². The Hall–Kier alpha value is -2.04. The number of hydrogen-bond donors (Lipinski definition) is 0. The van der Waals surface area contributed by atoms with Crippen LogP contribution in [0.2, 0.25) is 0 Å². The molecule has 16 heavy (non-hydrogen) atoms. The maximum absolute atomic E-state index is 11.0. The van der Waals surface area contributed by atoms with Crippen LogP contribution in [-0.4, -0.2) is 16.8 Å². The number of benzene rings is 1. The third kappa shape index (κ3) is 2.98. The van der Waals surface area contributed by atoms with E-state index >= 15 is 0 Å². The Kier molecular flexibility index (Phi) is 3.88. The number of hydrogen-bond acceptors (Lipinski definition) is 4. The van der Waals surface area contributed by atoms with Gasteiger partial charge in [-0.05, 0) is 18.6 Å². The molecule has 0 aromatic heterocycles. The van der Waals surface area contributed by atoms with Gasteiger partial charge in [-0.1, -0.05) is 23.4 Å². The highest BCUT2D eigenvalue weighted by Gasteiger charge is 2.12. The molecule has 0 spiro atoms. The van der Waals surface area contributed by atoms with E-state index < -0.39 is 11.8 Å². The van der Waals surface area contributed by atoms with Crippen LogP contribution in [0.15, 0.2) is 34.6 Å². The molecule has 5 nitrogen and oxygen atoms in total.